The predicted molar refractivity (Wildman–Crippen MR) is 94.1 cm³/mol. The molecular weight excluding hydrogens is 330 g/mol. The van der Waals surface area contributed by atoms with Gasteiger partial charge in [-0.3, -0.25) is 9.59 Å². The van der Waals surface area contributed by atoms with Crippen molar-refractivity contribution in [3.63, 3.8) is 0 Å². The van der Waals surface area contributed by atoms with E-state index in [2.05, 4.69) is 10.3 Å². The summed E-state index contributed by atoms with van der Waals surface area (Å²) in [6, 6.07) is 9.61. The first kappa shape index (κ1) is 15.8. The highest BCUT2D eigenvalue weighted by Crippen LogP contribution is 2.28. The van der Waals surface area contributed by atoms with E-state index < -0.39 is 0 Å². The molecule has 118 valence electrons. The summed E-state index contributed by atoms with van der Waals surface area (Å²) >= 11 is 2.82. The molecule has 0 radical (unpaired) electrons. The van der Waals surface area contributed by atoms with Crippen LogP contribution in [0.25, 0.3) is 5.70 Å². The lowest BCUT2D eigenvalue weighted by Gasteiger charge is -2.28. The van der Waals surface area contributed by atoms with Gasteiger partial charge in [0.2, 0.25) is 11.8 Å². The summed E-state index contributed by atoms with van der Waals surface area (Å²) < 4.78 is 0. The minimum Gasteiger partial charge on any atom is -0.301 e. The number of hydrogen-bond acceptors (Lipinski definition) is 5. The van der Waals surface area contributed by atoms with Crippen LogP contribution in [-0.2, 0) is 9.59 Å². The maximum atomic E-state index is 12.2. The van der Waals surface area contributed by atoms with Crippen molar-refractivity contribution in [2.45, 2.75) is 6.92 Å². The maximum absolute atomic E-state index is 12.2. The van der Waals surface area contributed by atoms with Crippen molar-refractivity contribution < 1.29 is 9.59 Å². The summed E-state index contributed by atoms with van der Waals surface area (Å²) in [5.41, 5.74) is 2.55. The van der Waals surface area contributed by atoms with Crippen LogP contribution >= 0.6 is 23.1 Å². The first-order chi connectivity index (χ1) is 11.1. The third kappa shape index (κ3) is 3.80. The van der Waals surface area contributed by atoms with Gasteiger partial charge in [-0.15, -0.1) is 23.1 Å². The number of nitrogens with one attached hydrogen (secondary N) is 1. The molecule has 0 saturated heterocycles. The van der Waals surface area contributed by atoms with E-state index in [1.807, 2.05) is 48.0 Å². The lowest BCUT2D eigenvalue weighted by molar-refractivity contribution is -0.129. The van der Waals surface area contributed by atoms with Gasteiger partial charge in [-0.2, -0.15) is 0 Å². The van der Waals surface area contributed by atoms with Gasteiger partial charge in [0.25, 0.3) is 0 Å². The summed E-state index contributed by atoms with van der Waals surface area (Å²) in [4.78, 5) is 30.2. The molecule has 2 heterocycles. The van der Waals surface area contributed by atoms with Crippen LogP contribution in [-0.4, -0.2) is 34.0 Å². The number of anilines is 1. The predicted octanol–water partition coefficient (Wildman–Crippen LogP) is 2.96. The van der Waals surface area contributed by atoms with Crippen molar-refractivity contribution in [2.75, 3.05) is 17.6 Å². The van der Waals surface area contributed by atoms with E-state index in [0.29, 0.717) is 10.9 Å². The molecule has 0 spiro atoms. The average molecular weight is 345 g/mol. The number of aryl methyl sites for hydroxylation is 1. The number of aromatic nitrogens is 1. The molecule has 1 aliphatic heterocycles. The number of rotatable bonds is 4. The van der Waals surface area contributed by atoms with Crippen LogP contribution in [0.4, 0.5) is 5.13 Å². The molecule has 0 aliphatic carbocycles. The number of thiazole rings is 1. The zero-order valence-electron chi connectivity index (χ0n) is 12.5. The zero-order chi connectivity index (χ0) is 16.2. The van der Waals surface area contributed by atoms with E-state index in [1.165, 1.54) is 28.0 Å². The van der Waals surface area contributed by atoms with E-state index in [1.54, 1.807) is 0 Å². The molecule has 2 aromatic rings. The first-order valence-electron chi connectivity index (χ1n) is 7.03. The van der Waals surface area contributed by atoms with E-state index in [-0.39, 0.29) is 18.4 Å². The fraction of sp³-hybridized carbons (Fsp3) is 0.188. The molecule has 5 nitrogen and oxygen atoms in total. The molecule has 1 aliphatic rings. The molecule has 2 amide bonds. The Hall–Kier alpha value is -2.12. The number of benzene rings is 1. The summed E-state index contributed by atoms with van der Waals surface area (Å²) in [7, 11) is 0. The second-order valence-electron chi connectivity index (χ2n) is 5.00. The highest BCUT2D eigenvalue weighted by Gasteiger charge is 2.25. The van der Waals surface area contributed by atoms with Gasteiger partial charge in [-0.05, 0) is 17.9 Å². The number of nitrogens with zero attached hydrogens (tertiary/aromatic N) is 2. The Bertz CT molecular complexity index is 756. The minimum absolute atomic E-state index is 0.0151. The summed E-state index contributed by atoms with van der Waals surface area (Å²) in [6.45, 7) is 1.85. The van der Waals surface area contributed by atoms with Crippen LogP contribution in [0, 0.1) is 6.92 Å². The number of amides is 2. The normalized spacial score (nSPS) is 14.6. The van der Waals surface area contributed by atoms with Crippen molar-refractivity contribution >= 4 is 45.7 Å². The van der Waals surface area contributed by atoms with Gasteiger partial charge in [0.1, 0.15) is 6.54 Å². The zero-order valence-corrected chi connectivity index (χ0v) is 14.1. The van der Waals surface area contributed by atoms with Gasteiger partial charge in [-0.1, -0.05) is 30.3 Å². The average Bonchev–Trinajstić information content (AvgIpc) is 2.95. The first-order valence-corrected chi connectivity index (χ1v) is 8.96. The third-order valence-corrected chi connectivity index (χ3v) is 4.91. The van der Waals surface area contributed by atoms with Gasteiger partial charge in [0.15, 0.2) is 5.13 Å². The quantitative estimate of drug-likeness (QED) is 0.925. The van der Waals surface area contributed by atoms with E-state index in [4.69, 9.17) is 0 Å². The van der Waals surface area contributed by atoms with Crippen LogP contribution in [0.3, 0.4) is 0 Å². The lowest BCUT2D eigenvalue weighted by Crippen LogP contribution is -2.39. The summed E-state index contributed by atoms with van der Waals surface area (Å²) in [5.74, 6) is 0.0308. The SMILES string of the molecule is Cc1csc(NC(=O)CN2C(=O)CSC=C2c2ccccc2)n1. The van der Waals surface area contributed by atoms with Crippen LogP contribution in [0.1, 0.15) is 11.3 Å². The van der Waals surface area contributed by atoms with Gasteiger partial charge < -0.3 is 10.2 Å². The highest BCUT2D eigenvalue weighted by molar-refractivity contribution is 8.03. The summed E-state index contributed by atoms with van der Waals surface area (Å²) in [5, 5.41) is 7.09. The van der Waals surface area contributed by atoms with Crippen LogP contribution in [0.5, 0.6) is 0 Å². The number of carbonyl (C=O) groups excluding carboxylic acids is 2. The Morgan fingerprint density at radius 2 is 2.13 bits per heavy atom. The Morgan fingerprint density at radius 1 is 1.35 bits per heavy atom. The number of hydrogen-bond donors (Lipinski definition) is 1. The fourth-order valence-corrected chi connectivity index (χ4v) is 3.69. The molecular formula is C16H15N3O2S2. The molecule has 1 aromatic heterocycles. The van der Waals surface area contributed by atoms with Gasteiger partial charge in [-0.25, -0.2) is 4.98 Å². The summed E-state index contributed by atoms with van der Waals surface area (Å²) in [6.07, 6.45) is 0. The minimum atomic E-state index is -0.249. The van der Waals surface area contributed by atoms with Crippen LogP contribution in [0.15, 0.2) is 41.1 Å². The lowest BCUT2D eigenvalue weighted by atomic mass is 10.1. The number of carbonyl (C=O) groups is 2. The third-order valence-electron chi connectivity index (χ3n) is 3.23. The largest absolute Gasteiger partial charge is 0.301 e. The molecule has 23 heavy (non-hydrogen) atoms. The van der Waals surface area contributed by atoms with E-state index in [9.17, 15) is 9.59 Å². The van der Waals surface area contributed by atoms with Gasteiger partial charge >= 0.3 is 0 Å². The Labute approximate surface area is 142 Å². The van der Waals surface area contributed by atoms with Gasteiger partial charge in [0, 0.05) is 5.38 Å². The van der Waals surface area contributed by atoms with Crippen LogP contribution in [0.2, 0.25) is 0 Å². The smallest absolute Gasteiger partial charge is 0.246 e. The molecule has 0 atom stereocenters. The standard InChI is InChI=1S/C16H15N3O2S2/c1-11-8-23-16(17-11)18-14(20)7-19-13(9-22-10-15(19)21)12-5-3-2-4-6-12/h2-6,8-9H,7,10H2,1H3,(H,17,18,20). The van der Waals surface area contributed by atoms with Crippen molar-refractivity contribution in [1.29, 1.82) is 0 Å². The maximum Gasteiger partial charge on any atom is 0.246 e. The molecule has 1 N–H and O–H groups in total. The molecule has 7 heteroatoms. The van der Waals surface area contributed by atoms with E-state index >= 15 is 0 Å². The second kappa shape index (κ2) is 6.97. The molecule has 3 rings (SSSR count). The van der Waals surface area contributed by atoms with Crippen LogP contribution < -0.4 is 5.32 Å². The molecule has 0 bridgehead atoms. The molecule has 0 saturated carbocycles. The van der Waals surface area contributed by atoms with E-state index in [0.717, 1.165) is 17.0 Å². The topological polar surface area (TPSA) is 62.3 Å². The van der Waals surface area contributed by atoms with Crippen molar-refractivity contribution in [3.8, 4) is 0 Å². The molecule has 0 unspecified atom stereocenters. The second-order valence-corrected chi connectivity index (χ2v) is 6.72. The van der Waals surface area contributed by atoms with Crippen molar-refractivity contribution in [3.05, 3.63) is 52.4 Å². The van der Waals surface area contributed by atoms with Crippen molar-refractivity contribution in [1.82, 2.24) is 9.88 Å². The number of thioether (sulfide) groups is 1. The molecule has 0 fully saturated rings. The van der Waals surface area contributed by atoms with Crippen molar-refractivity contribution in [2.24, 2.45) is 0 Å². The Morgan fingerprint density at radius 3 is 2.83 bits per heavy atom. The Balaban J connectivity index is 1.75. The molecule has 1 aromatic carbocycles. The highest BCUT2D eigenvalue weighted by atomic mass is 32.2. The monoisotopic (exact) mass is 345 g/mol. The fourth-order valence-electron chi connectivity index (χ4n) is 2.19. The Kier molecular flexibility index (Phi) is 4.78. The van der Waals surface area contributed by atoms with Gasteiger partial charge in [0.05, 0.1) is 17.1 Å².